The predicted octanol–water partition coefficient (Wildman–Crippen LogP) is 6.03. The van der Waals surface area contributed by atoms with Gasteiger partial charge in [0.2, 0.25) is 0 Å². The molecule has 4 rings (SSSR count). The second kappa shape index (κ2) is 10.9. The maximum atomic E-state index is 6.30. The monoisotopic (exact) mass is 433 g/mol. The van der Waals surface area contributed by atoms with Crippen LogP contribution in [0.2, 0.25) is 0 Å². The summed E-state index contributed by atoms with van der Waals surface area (Å²) in [4.78, 5) is 2.47. The fraction of sp³-hybridized carbons (Fsp3) is 0.333. The standard InChI is InChI=1S/C27H31NO4/c1-29-24-19-25(21-9-5-3-6-10-21)27(26(20-24)30-2)32-23-13-11-22(12-14-23)31-18-17-28-15-7-4-8-16-28/h3,5-6,9-14,19-20H,4,7-8,15-18H2,1-2H3. The second-order valence-electron chi connectivity index (χ2n) is 7.90. The highest BCUT2D eigenvalue weighted by Gasteiger charge is 2.17. The largest absolute Gasteiger partial charge is 0.497 e. The third-order valence-corrected chi connectivity index (χ3v) is 5.74. The van der Waals surface area contributed by atoms with Gasteiger partial charge >= 0.3 is 0 Å². The molecule has 32 heavy (non-hydrogen) atoms. The Hall–Kier alpha value is -3.18. The molecule has 1 heterocycles. The summed E-state index contributed by atoms with van der Waals surface area (Å²) in [7, 11) is 3.28. The van der Waals surface area contributed by atoms with Crippen LogP contribution in [0, 0.1) is 0 Å². The maximum absolute atomic E-state index is 6.30. The zero-order valence-electron chi connectivity index (χ0n) is 18.9. The van der Waals surface area contributed by atoms with E-state index in [1.807, 2.05) is 66.7 Å². The number of likely N-dealkylation sites (tertiary alicyclic amines) is 1. The van der Waals surface area contributed by atoms with Gasteiger partial charge < -0.3 is 18.9 Å². The van der Waals surface area contributed by atoms with Crippen LogP contribution in [0.15, 0.2) is 66.7 Å². The van der Waals surface area contributed by atoms with E-state index >= 15 is 0 Å². The van der Waals surface area contributed by atoms with Crippen LogP contribution < -0.4 is 18.9 Å². The topological polar surface area (TPSA) is 40.2 Å². The summed E-state index contributed by atoms with van der Waals surface area (Å²) < 4.78 is 23.3. The van der Waals surface area contributed by atoms with Crippen molar-refractivity contribution in [2.24, 2.45) is 0 Å². The predicted molar refractivity (Wildman–Crippen MR) is 127 cm³/mol. The quantitative estimate of drug-likeness (QED) is 0.412. The molecule has 5 heteroatoms. The van der Waals surface area contributed by atoms with Crippen molar-refractivity contribution in [3.63, 3.8) is 0 Å². The Balaban J connectivity index is 1.48. The molecule has 0 saturated carbocycles. The Morgan fingerprint density at radius 2 is 1.47 bits per heavy atom. The Morgan fingerprint density at radius 3 is 2.16 bits per heavy atom. The number of piperidine rings is 1. The Kier molecular flexibility index (Phi) is 7.51. The molecule has 0 radical (unpaired) electrons. The van der Waals surface area contributed by atoms with Gasteiger partial charge in [-0.15, -0.1) is 0 Å². The average molecular weight is 434 g/mol. The first-order valence-electron chi connectivity index (χ1n) is 11.2. The van der Waals surface area contributed by atoms with Crippen molar-refractivity contribution in [1.29, 1.82) is 0 Å². The van der Waals surface area contributed by atoms with E-state index in [4.69, 9.17) is 18.9 Å². The zero-order valence-corrected chi connectivity index (χ0v) is 18.9. The van der Waals surface area contributed by atoms with Gasteiger partial charge in [0.05, 0.1) is 14.2 Å². The van der Waals surface area contributed by atoms with Crippen molar-refractivity contribution in [1.82, 2.24) is 4.90 Å². The molecule has 3 aromatic carbocycles. The van der Waals surface area contributed by atoms with Crippen molar-refractivity contribution < 1.29 is 18.9 Å². The molecule has 0 bridgehead atoms. The van der Waals surface area contributed by atoms with Gasteiger partial charge in [-0.25, -0.2) is 0 Å². The smallest absolute Gasteiger partial charge is 0.177 e. The third kappa shape index (κ3) is 5.54. The molecule has 5 nitrogen and oxygen atoms in total. The third-order valence-electron chi connectivity index (χ3n) is 5.74. The molecule has 1 aliphatic rings. The molecule has 0 unspecified atom stereocenters. The lowest BCUT2D eigenvalue weighted by Crippen LogP contribution is -2.33. The second-order valence-corrected chi connectivity index (χ2v) is 7.90. The molecule has 1 saturated heterocycles. The van der Waals surface area contributed by atoms with E-state index < -0.39 is 0 Å². The molecule has 0 aliphatic carbocycles. The molecule has 0 aromatic heterocycles. The first-order valence-corrected chi connectivity index (χ1v) is 11.2. The number of hydrogen-bond acceptors (Lipinski definition) is 5. The van der Waals surface area contributed by atoms with Crippen molar-refractivity contribution >= 4 is 0 Å². The first-order chi connectivity index (χ1) is 15.8. The van der Waals surface area contributed by atoms with Crippen LogP contribution in [0.1, 0.15) is 19.3 Å². The highest BCUT2D eigenvalue weighted by molar-refractivity contribution is 5.76. The molecule has 0 amide bonds. The van der Waals surface area contributed by atoms with Crippen molar-refractivity contribution in [2.45, 2.75) is 19.3 Å². The van der Waals surface area contributed by atoms with Crippen molar-refractivity contribution in [3.05, 3.63) is 66.7 Å². The van der Waals surface area contributed by atoms with E-state index in [1.165, 1.54) is 32.4 Å². The van der Waals surface area contributed by atoms with Gasteiger partial charge in [-0.1, -0.05) is 36.8 Å². The summed E-state index contributed by atoms with van der Waals surface area (Å²) >= 11 is 0. The number of methoxy groups -OCH3 is 2. The minimum Gasteiger partial charge on any atom is -0.497 e. The van der Waals surface area contributed by atoms with Gasteiger partial charge in [0.15, 0.2) is 11.5 Å². The highest BCUT2D eigenvalue weighted by atomic mass is 16.5. The van der Waals surface area contributed by atoms with Gasteiger partial charge in [0, 0.05) is 18.2 Å². The van der Waals surface area contributed by atoms with Crippen molar-refractivity contribution in [2.75, 3.05) is 40.5 Å². The van der Waals surface area contributed by atoms with E-state index in [9.17, 15) is 0 Å². The average Bonchev–Trinajstić information content (AvgIpc) is 2.86. The number of benzene rings is 3. The van der Waals surface area contributed by atoms with E-state index in [2.05, 4.69) is 4.90 Å². The number of hydrogen-bond donors (Lipinski definition) is 0. The summed E-state index contributed by atoms with van der Waals surface area (Å²) in [5.74, 6) is 3.54. The van der Waals surface area contributed by atoms with Crippen LogP contribution >= 0.6 is 0 Å². The highest BCUT2D eigenvalue weighted by Crippen LogP contribution is 2.44. The van der Waals surface area contributed by atoms with Crippen LogP contribution in [0.4, 0.5) is 0 Å². The van der Waals surface area contributed by atoms with Crippen LogP contribution in [-0.2, 0) is 0 Å². The van der Waals surface area contributed by atoms with Gasteiger partial charge in [-0.2, -0.15) is 0 Å². The molecule has 1 fully saturated rings. The summed E-state index contributed by atoms with van der Waals surface area (Å²) in [5, 5.41) is 0. The molecular formula is C27H31NO4. The van der Waals surface area contributed by atoms with E-state index in [0.717, 1.165) is 23.4 Å². The Labute approximate surface area is 190 Å². The van der Waals surface area contributed by atoms with E-state index in [0.29, 0.717) is 29.6 Å². The minimum atomic E-state index is 0.616. The number of ether oxygens (including phenoxy) is 4. The number of nitrogens with zero attached hydrogens (tertiary/aromatic N) is 1. The normalized spacial score (nSPS) is 14.1. The van der Waals surface area contributed by atoms with Gasteiger partial charge in [-0.05, 0) is 61.8 Å². The SMILES string of the molecule is COc1cc(OC)c(Oc2ccc(OCCN3CCCCC3)cc2)c(-c2ccccc2)c1. The summed E-state index contributed by atoms with van der Waals surface area (Å²) in [6.07, 6.45) is 3.95. The Morgan fingerprint density at radius 1 is 0.750 bits per heavy atom. The maximum Gasteiger partial charge on any atom is 0.177 e. The van der Waals surface area contributed by atoms with Gasteiger partial charge in [-0.3, -0.25) is 4.90 Å². The summed E-state index contributed by atoms with van der Waals surface area (Å²) in [6.45, 7) is 4.04. The van der Waals surface area contributed by atoms with Crippen LogP contribution in [0.3, 0.4) is 0 Å². The molecule has 0 N–H and O–H groups in total. The fourth-order valence-electron chi connectivity index (χ4n) is 3.98. The van der Waals surface area contributed by atoms with Gasteiger partial charge in [0.25, 0.3) is 0 Å². The summed E-state index contributed by atoms with van der Waals surface area (Å²) in [5.41, 5.74) is 1.93. The minimum absolute atomic E-state index is 0.616. The molecule has 1 aliphatic heterocycles. The fourth-order valence-corrected chi connectivity index (χ4v) is 3.98. The molecule has 0 atom stereocenters. The van der Waals surface area contributed by atoms with Crippen LogP contribution in [0.25, 0.3) is 11.1 Å². The molecule has 0 spiro atoms. The first kappa shape index (κ1) is 22.0. The number of rotatable bonds is 9. The van der Waals surface area contributed by atoms with E-state index in [-0.39, 0.29) is 0 Å². The van der Waals surface area contributed by atoms with Crippen molar-refractivity contribution in [3.8, 4) is 39.9 Å². The Bertz CT molecular complexity index is 983. The molecular weight excluding hydrogens is 402 g/mol. The van der Waals surface area contributed by atoms with Crippen LogP contribution in [-0.4, -0.2) is 45.4 Å². The summed E-state index contributed by atoms with van der Waals surface area (Å²) in [6, 6.07) is 21.6. The van der Waals surface area contributed by atoms with Crippen LogP contribution in [0.5, 0.6) is 28.7 Å². The lowest BCUT2D eigenvalue weighted by molar-refractivity contribution is 0.183. The molecule has 168 valence electrons. The van der Waals surface area contributed by atoms with Gasteiger partial charge in [0.1, 0.15) is 23.9 Å². The lowest BCUT2D eigenvalue weighted by Gasteiger charge is -2.26. The zero-order chi connectivity index (χ0) is 22.2. The molecule has 3 aromatic rings. The van der Waals surface area contributed by atoms with E-state index in [1.54, 1.807) is 14.2 Å². The lowest BCUT2D eigenvalue weighted by atomic mass is 10.0.